The van der Waals surface area contributed by atoms with Crippen molar-refractivity contribution < 1.29 is 9.53 Å². The number of carbonyl (C=O) groups excluding carboxylic acids is 1. The van der Waals surface area contributed by atoms with Gasteiger partial charge in [0.25, 0.3) is 0 Å². The molecule has 4 aromatic carbocycles. The van der Waals surface area contributed by atoms with Crippen molar-refractivity contribution >= 4 is 35.1 Å². The Labute approximate surface area is 255 Å². The summed E-state index contributed by atoms with van der Waals surface area (Å²) in [6, 6.07) is 30.6. The van der Waals surface area contributed by atoms with Gasteiger partial charge in [0.2, 0.25) is 0 Å². The van der Waals surface area contributed by atoms with E-state index in [4.69, 9.17) is 16.3 Å². The molecule has 0 saturated carbocycles. The van der Waals surface area contributed by atoms with Gasteiger partial charge in [0, 0.05) is 17.2 Å². The SMILES string of the molecule is COc1ccccc1NC(=O)NC(Cc1ccccc1)c1nnc(SCc2cccc(C)c2)n1-c1cc(Cl)ccc1C. The molecule has 1 heterocycles. The van der Waals surface area contributed by atoms with Gasteiger partial charge in [-0.15, -0.1) is 10.2 Å². The number of aromatic nitrogens is 3. The number of methoxy groups -OCH3 is 1. The predicted octanol–water partition coefficient (Wildman–Crippen LogP) is 7.94. The third-order valence-corrected chi connectivity index (χ3v) is 8.01. The standard InChI is InChI=1S/C33H32ClN5O2S/c1-22-10-9-13-25(18-22)21-42-33-38-37-31(39(33)29-20-26(34)17-16-23(29)2)28(19-24-11-5-4-6-12-24)36-32(40)35-27-14-7-8-15-30(27)41-3/h4-18,20,28H,19,21H2,1-3H3,(H2,35,36,40). The van der Waals surface area contributed by atoms with Gasteiger partial charge < -0.3 is 15.4 Å². The van der Waals surface area contributed by atoms with Crippen LogP contribution in [0.4, 0.5) is 10.5 Å². The zero-order valence-corrected chi connectivity index (χ0v) is 25.2. The van der Waals surface area contributed by atoms with Gasteiger partial charge in [-0.3, -0.25) is 4.57 Å². The maximum atomic E-state index is 13.4. The van der Waals surface area contributed by atoms with Crippen molar-refractivity contribution in [2.75, 3.05) is 12.4 Å². The molecule has 2 amide bonds. The lowest BCUT2D eigenvalue weighted by Crippen LogP contribution is -2.35. The molecule has 0 saturated heterocycles. The molecule has 9 heteroatoms. The van der Waals surface area contributed by atoms with Crippen LogP contribution in [0, 0.1) is 13.8 Å². The highest BCUT2D eigenvalue weighted by Gasteiger charge is 2.26. The minimum absolute atomic E-state index is 0.383. The quantitative estimate of drug-likeness (QED) is 0.160. The molecule has 214 valence electrons. The highest BCUT2D eigenvalue weighted by Crippen LogP contribution is 2.32. The zero-order chi connectivity index (χ0) is 29.5. The van der Waals surface area contributed by atoms with Crippen LogP contribution in [0.3, 0.4) is 0 Å². The van der Waals surface area contributed by atoms with Crippen LogP contribution in [0.25, 0.3) is 5.69 Å². The summed E-state index contributed by atoms with van der Waals surface area (Å²) in [6.07, 6.45) is 0.500. The monoisotopic (exact) mass is 597 g/mol. The van der Waals surface area contributed by atoms with Crippen LogP contribution in [-0.4, -0.2) is 27.9 Å². The second kappa shape index (κ2) is 13.6. The van der Waals surface area contributed by atoms with E-state index < -0.39 is 6.04 Å². The number of amides is 2. The topological polar surface area (TPSA) is 81.1 Å². The van der Waals surface area contributed by atoms with Crippen molar-refractivity contribution in [1.82, 2.24) is 20.1 Å². The number of hydrogen-bond donors (Lipinski definition) is 2. The van der Waals surface area contributed by atoms with Crippen LogP contribution in [0.1, 0.15) is 34.1 Å². The lowest BCUT2D eigenvalue weighted by Gasteiger charge is -2.22. The molecular weight excluding hydrogens is 566 g/mol. The minimum Gasteiger partial charge on any atom is -0.495 e. The second-order valence-corrected chi connectivity index (χ2v) is 11.3. The number of nitrogens with zero attached hydrogens (tertiary/aromatic N) is 3. The fraction of sp³-hybridized carbons (Fsp3) is 0.182. The number of halogens is 1. The second-order valence-electron chi connectivity index (χ2n) is 9.93. The van der Waals surface area contributed by atoms with Gasteiger partial charge in [-0.25, -0.2) is 4.79 Å². The zero-order valence-electron chi connectivity index (χ0n) is 23.7. The molecule has 0 fully saturated rings. The van der Waals surface area contributed by atoms with Crippen molar-refractivity contribution in [2.45, 2.75) is 37.2 Å². The van der Waals surface area contributed by atoms with E-state index in [1.54, 1.807) is 31.0 Å². The molecule has 0 aliphatic heterocycles. The Morgan fingerprint density at radius 3 is 2.48 bits per heavy atom. The number of carbonyl (C=O) groups is 1. The van der Waals surface area contributed by atoms with E-state index in [-0.39, 0.29) is 6.03 Å². The molecule has 0 spiro atoms. The Morgan fingerprint density at radius 1 is 0.929 bits per heavy atom. The van der Waals surface area contributed by atoms with Gasteiger partial charge in [-0.05, 0) is 54.8 Å². The first-order valence-corrected chi connectivity index (χ1v) is 14.9. The minimum atomic E-state index is -0.513. The summed E-state index contributed by atoms with van der Waals surface area (Å²) in [7, 11) is 1.57. The maximum Gasteiger partial charge on any atom is 0.319 e. The molecule has 5 aromatic rings. The molecule has 5 rings (SSSR count). The Balaban J connectivity index is 1.54. The normalized spacial score (nSPS) is 11.6. The van der Waals surface area contributed by atoms with E-state index >= 15 is 0 Å². The van der Waals surface area contributed by atoms with Crippen LogP contribution in [0.15, 0.2) is 102 Å². The molecule has 7 nitrogen and oxygen atoms in total. The van der Waals surface area contributed by atoms with E-state index in [1.165, 1.54) is 11.1 Å². The summed E-state index contributed by atoms with van der Waals surface area (Å²) >= 11 is 8.08. The summed E-state index contributed by atoms with van der Waals surface area (Å²) in [6.45, 7) is 4.11. The van der Waals surface area contributed by atoms with Crippen LogP contribution in [0.5, 0.6) is 5.75 Å². The highest BCUT2D eigenvalue weighted by molar-refractivity contribution is 7.98. The van der Waals surface area contributed by atoms with Crippen LogP contribution < -0.4 is 15.4 Å². The Kier molecular flexibility index (Phi) is 9.46. The average Bonchev–Trinajstić information content (AvgIpc) is 3.41. The fourth-order valence-electron chi connectivity index (χ4n) is 4.72. The van der Waals surface area contributed by atoms with Crippen molar-refractivity contribution in [3.8, 4) is 11.4 Å². The summed E-state index contributed by atoms with van der Waals surface area (Å²) < 4.78 is 7.44. The molecule has 1 atom stereocenters. The van der Waals surface area contributed by atoms with E-state index in [0.29, 0.717) is 39.6 Å². The maximum absolute atomic E-state index is 13.4. The number of anilines is 1. The number of ether oxygens (including phenoxy) is 1. The van der Waals surface area contributed by atoms with E-state index in [9.17, 15) is 4.79 Å². The number of nitrogens with one attached hydrogen (secondary N) is 2. The molecule has 0 bridgehead atoms. The molecule has 0 radical (unpaired) electrons. The average molecular weight is 598 g/mol. The first-order chi connectivity index (χ1) is 20.4. The molecule has 0 aliphatic rings. The molecule has 0 aliphatic carbocycles. The number of benzene rings is 4. The number of hydrogen-bond acceptors (Lipinski definition) is 5. The Hall–Kier alpha value is -4.27. The van der Waals surface area contributed by atoms with Crippen molar-refractivity contribution in [1.29, 1.82) is 0 Å². The van der Waals surface area contributed by atoms with Gasteiger partial charge in [-0.1, -0.05) is 102 Å². The van der Waals surface area contributed by atoms with Gasteiger partial charge in [-0.2, -0.15) is 0 Å². The van der Waals surface area contributed by atoms with Crippen LogP contribution in [-0.2, 0) is 12.2 Å². The summed E-state index contributed by atoms with van der Waals surface area (Å²) in [4.78, 5) is 13.4. The molecule has 1 unspecified atom stereocenters. The number of rotatable bonds is 10. The smallest absolute Gasteiger partial charge is 0.319 e. The van der Waals surface area contributed by atoms with Crippen molar-refractivity contribution in [3.63, 3.8) is 0 Å². The van der Waals surface area contributed by atoms with E-state index in [1.807, 2.05) is 72.2 Å². The van der Waals surface area contributed by atoms with E-state index in [0.717, 1.165) is 16.8 Å². The highest BCUT2D eigenvalue weighted by atomic mass is 35.5. The van der Waals surface area contributed by atoms with Crippen LogP contribution in [0.2, 0.25) is 5.02 Å². The molecule has 1 aromatic heterocycles. The first kappa shape index (κ1) is 29.2. The predicted molar refractivity (Wildman–Crippen MR) is 170 cm³/mol. The summed E-state index contributed by atoms with van der Waals surface area (Å²) in [5.74, 6) is 1.88. The summed E-state index contributed by atoms with van der Waals surface area (Å²) in [5.41, 5.74) is 5.88. The summed E-state index contributed by atoms with van der Waals surface area (Å²) in [5, 5.41) is 16.7. The van der Waals surface area contributed by atoms with Gasteiger partial charge in [0.05, 0.1) is 24.5 Å². The Bertz CT molecular complexity index is 1670. The lowest BCUT2D eigenvalue weighted by molar-refractivity contribution is 0.247. The number of aryl methyl sites for hydroxylation is 2. The van der Waals surface area contributed by atoms with Crippen LogP contribution >= 0.6 is 23.4 Å². The number of para-hydroxylation sites is 2. The van der Waals surface area contributed by atoms with E-state index in [2.05, 4.69) is 52.0 Å². The largest absolute Gasteiger partial charge is 0.495 e. The third kappa shape index (κ3) is 7.13. The Morgan fingerprint density at radius 2 is 1.69 bits per heavy atom. The molecule has 42 heavy (non-hydrogen) atoms. The number of urea groups is 1. The van der Waals surface area contributed by atoms with Gasteiger partial charge in [0.15, 0.2) is 11.0 Å². The molecular formula is C33H32ClN5O2S. The first-order valence-electron chi connectivity index (χ1n) is 13.6. The van der Waals surface area contributed by atoms with Crippen molar-refractivity contribution in [3.05, 3.63) is 130 Å². The van der Waals surface area contributed by atoms with Crippen molar-refractivity contribution in [2.24, 2.45) is 0 Å². The van der Waals surface area contributed by atoms with Gasteiger partial charge in [0.1, 0.15) is 5.75 Å². The van der Waals surface area contributed by atoms with Gasteiger partial charge >= 0.3 is 6.03 Å². The lowest BCUT2D eigenvalue weighted by atomic mass is 10.0. The third-order valence-electron chi connectivity index (χ3n) is 6.78. The fourth-order valence-corrected chi connectivity index (χ4v) is 5.78. The molecule has 2 N–H and O–H groups in total. The number of thioether (sulfide) groups is 1.